The summed E-state index contributed by atoms with van der Waals surface area (Å²) in [4.78, 5) is 14.5. The van der Waals surface area contributed by atoms with E-state index in [-0.39, 0.29) is 33.9 Å². The summed E-state index contributed by atoms with van der Waals surface area (Å²) >= 11 is 0. The predicted octanol–water partition coefficient (Wildman–Crippen LogP) is 1.12. The Morgan fingerprint density at radius 2 is 1.96 bits per heavy atom. The number of sulfone groups is 1. The van der Waals surface area contributed by atoms with Gasteiger partial charge in [-0.15, -0.1) is 0 Å². The average Bonchev–Trinajstić information content (AvgIpc) is 3.26. The highest BCUT2D eigenvalue weighted by molar-refractivity contribution is 7.91. The van der Waals surface area contributed by atoms with E-state index in [9.17, 15) is 21.6 Å². The third-order valence-electron chi connectivity index (χ3n) is 5.03. The minimum atomic E-state index is -3.60. The molecule has 0 aliphatic carbocycles. The van der Waals surface area contributed by atoms with Crippen molar-refractivity contribution in [2.75, 3.05) is 31.1 Å². The molecule has 0 saturated carbocycles. The number of hydrogen-bond donors (Lipinski definition) is 0. The number of carbonyl (C=O) groups excluding carboxylic acids is 1. The van der Waals surface area contributed by atoms with Crippen molar-refractivity contribution in [2.24, 2.45) is 0 Å². The molecule has 2 fully saturated rings. The summed E-state index contributed by atoms with van der Waals surface area (Å²) in [5.74, 6) is -0.267. The molecule has 3 rings (SSSR count). The fourth-order valence-electron chi connectivity index (χ4n) is 3.62. The molecule has 2 aliphatic heterocycles. The zero-order valence-electron chi connectivity index (χ0n) is 14.8. The Morgan fingerprint density at radius 1 is 1.27 bits per heavy atom. The van der Waals surface area contributed by atoms with Crippen LogP contribution in [0.25, 0.3) is 0 Å². The molecule has 0 spiro atoms. The highest BCUT2D eigenvalue weighted by Gasteiger charge is 2.35. The van der Waals surface area contributed by atoms with Gasteiger partial charge in [0.1, 0.15) is 0 Å². The minimum Gasteiger partial charge on any atom is -0.335 e. The molecule has 0 bridgehead atoms. The first kappa shape index (κ1) is 19.3. The molecule has 144 valence electrons. The summed E-state index contributed by atoms with van der Waals surface area (Å²) < 4.78 is 50.3. The maximum absolute atomic E-state index is 12.9. The number of carbonyl (C=O) groups is 1. The van der Waals surface area contributed by atoms with Crippen molar-refractivity contribution >= 4 is 25.8 Å². The van der Waals surface area contributed by atoms with Crippen molar-refractivity contribution in [1.29, 1.82) is 0 Å². The van der Waals surface area contributed by atoms with Crippen molar-refractivity contribution in [3.63, 3.8) is 0 Å². The Hall–Kier alpha value is -1.45. The van der Waals surface area contributed by atoms with Crippen molar-refractivity contribution in [3.8, 4) is 0 Å². The third-order valence-corrected chi connectivity index (χ3v) is 8.68. The van der Waals surface area contributed by atoms with E-state index in [0.29, 0.717) is 26.1 Å². The van der Waals surface area contributed by atoms with Gasteiger partial charge in [-0.2, -0.15) is 4.31 Å². The molecule has 0 N–H and O–H groups in total. The normalized spacial score (nSPS) is 23.2. The SMILES string of the molecule is CCN(C(=O)c1cccc(S(=O)(=O)N2CCCC2)c1)[C@H]1CCS(=O)(=O)C1. The number of rotatable bonds is 5. The van der Waals surface area contributed by atoms with Gasteiger partial charge in [-0.05, 0) is 44.4 Å². The summed E-state index contributed by atoms with van der Waals surface area (Å²) in [5.41, 5.74) is 0.274. The van der Waals surface area contributed by atoms with Crippen molar-refractivity contribution in [2.45, 2.75) is 37.1 Å². The van der Waals surface area contributed by atoms with Gasteiger partial charge in [0, 0.05) is 31.2 Å². The first-order chi connectivity index (χ1) is 12.2. The van der Waals surface area contributed by atoms with Crippen LogP contribution < -0.4 is 0 Å². The van der Waals surface area contributed by atoms with Crippen LogP contribution in [-0.2, 0) is 19.9 Å². The van der Waals surface area contributed by atoms with E-state index >= 15 is 0 Å². The summed E-state index contributed by atoms with van der Waals surface area (Å²) in [6, 6.07) is 5.70. The molecule has 2 aliphatic rings. The van der Waals surface area contributed by atoms with Crippen LogP contribution in [0, 0.1) is 0 Å². The molecule has 9 heteroatoms. The average molecular weight is 401 g/mol. The standard InChI is InChI=1S/C17H24N2O5S2/c1-2-19(15-8-11-25(21,22)13-15)17(20)14-6-5-7-16(12-14)26(23,24)18-9-3-4-10-18/h5-7,12,15H,2-4,8-11,13H2,1H3/t15-/m0/s1. The third kappa shape index (κ3) is 3.79. The maximum atomic E-state index is 12.9. The summed E-state index contributed by atoms with van der Waals surface area (Å²) in [5, 5.41) is 0. The van der Waals surface area contributed by atoms with E-state index in [2.05, 4.69) is 0 Å². The molecule has 0 aromatic heterocycles. The van der Waals surface area contributed by atoms with Crippen LogP contribution >= 0.6 is 0 Å². The van der Waals surface area contributed by atoms with E-state index in [1.54, 1.807) is 19.1 Å². The van der Waals surface area contributed by atoms with Gasteiger partial charge in [-0.25, -0.2) is 16.8 Å². The predicted molar refractivity (Wildman–Crippen MR) is 98.2 cm³/mol. The Balaban J connectivity index is 1.86. The van der Waals surface area contributed by atoms with Crippen LogP contribution in [-0.4, -0.2) is 69.1 Å². The summed E-state index contributed by atoms with van der Waals surface area (Å²) in [7, 11) is -6.70. The second-order valence-electron chi connectivity index (χ2n) is 6.79. The van der Waals surface area contributed by atoms with Gasteiger partial charge in [0.05, 0.1) is 16.4 Å². The van der Waals surface area contributed by atoms with Crippen molar-refractivity contribution < 1.29 is 21.6 Å². The van der Waals surface area contributed by atoms with Crippen LogP contribution in [0.3, 0.4) is 0 Å². The molecule has 1 aromatic carbocycles. The lowest BCUT2D eigenvalue weighted by atomic mass is 10.1. The zero-order valence-corrected chi connectivity index (χ0v) is 16.4. The Bertz CT molecular complexity index is 889. The molecular formula is C17H24N2O5S2. The van der Waals surface area contributed by atoms with Gasteiger partial charge >= 0.3 is 0 Å². The quantitative estimate of drug-likeness (QED) is 0.739. The van der Waals surface area contributed by atoms with Crippen LogP contribution in [0.1, 0.15) is 36.5 Å². The van der Waals surface area contributed by atoms with Gasteiger partial charge in [0.25, 0.3) is 5.91 Å². The maximum Gasteiger partial charge on any atom is 0.254 e. The number of hydrogen-bond acceptors (Lipinski definition) is 5. The molecule has 0 radical (unpaired) electrons. The largest absolute Gasteiger partial charge is 0.335 e. The molecule has 2 heterocycles. The first-order valence-electron chi connectivity index (χ1n) is 8.86. The van der Waals surface area contributed by atoms with E-state index < -0.39 is 19.9 Å². The Labute approximate surface area is 155 Å². The van der Waals surface area contributed by atoms with Crippen LogP contribution in [0.4, 0.5) is 0 Å². The fourth-order valence-corrected chi connectivity index (χ4v) is 6.92. The lowest BCUT2D eigenvalue weighted by molar-refractivity contribution is 0.0708. The molecule has 26 heavy (non-hydrogen) atoms. The van der Waals surface area contributed by atoms with Crippen LogP contribution in [0.2, 0.25) is 0 Å². The minimum absolute atomic E-state index is 0.0294. The number of nitrogens with zero attached hydrogens (tertiary/aromatic N) is 2. The van der Waals surface area contributed by atoms with Gasteiger partial charge in [0.2, 0.25) is 10.0 Å². The first-order valence-corrected chi connectivity index (χ1v) is 12.1. The lowest BCUT2D eigenvalue weighted by Gasteiger charge is -2.27. The molecule has 1 amide bonds. The topological polar surface area (TPSA) is 91.8 Å². The van der Waals surface area contributed by atoms with E-state index in [1.165, 1.54) is 21.3 Å². The molecule has 0 unspecified atom stereocenters. The van der Waals surface area contributed by atoms with Gasteiger partial charge in [0.15, 0.2) is 9.84 Å². The molecule has 1 atom stereocenters. The Morgan fingerprint density at radius 3 is 2.54 bits per heavy atom. The lowest BCUT2D eigenvalue weighted by Crippen LogP contribution is -2.41. The fraction of sp³-hybridized carbons (Fsp3) is 0.588. The second kappa shape index (κ2) is 7.28. The summed E-state index contributed by atoms with van der Waals surface area (Å²) in [6.07, 6.45) is 2.11. The number of sulfonamides is 1. The van der Waals surface area contributed by atoms with E-state index in [4.69, 9.17) is 0 Å². The molecule has 2 saturated heterocycles. The van der Waals surface area contributed by atoms with Gasteiger partial charge in [-0.1, -0.05) is 6.07 Å². The van der Waals surface area contributed by atoms with Gasteiger partial charge < -0.3 is 4.90 Å². The van der Waals surface area contributed by atoms with Crippen LogP contribution in [0.5, 0.6) is 0 Å². The highest BCUT2D eigenvalue weighted by Crippen LogP contribution is 2.24. The van der Waals surface area contributed by atoms with Crippen LogP contribution in [0.15, 0.2) is 29.2 Å². The molecule has 7 nitrogen and oxygen atoms in total. The Kier molecular flexibility index (Phi) is 5.41. The number of amides is 1. The second-order valence-corrected chi connectivity index (χ2v) is 11.0. The van der Waals surface area contributed by atoms with E-state index in [0.717, 1.165) is 12.8 Å². The van der Waals surface area contributed by atoms with Gasteiger partial charge in [-0.3, -0.25) is 4.79 Å². The van der Waals surface area contributed by atoms with Crippen molar-refractivity contribution in [1.82, 2.24) is 9.21 Å². The smallest absolute Gasteiger partial charge is 0.254 e. The summed E-state index contributed by atoms with van der Waals surface area (Å²) in [6.45, 7) is 3.18. The monoisotopic (exact) mass is 400 g/mol. The molecule has 1 aromatic rings. The van der Waals surface area contributed by atoms with Crippen molar-refractivity contribution in [3.05, 3.63) is 29.8 Å². The number of benzene rings is 1. The highest BCUT2D eigenvalue weighted by atomic mass is 32.2. The zero-order chi connectivity index (χ0) is 18.9. The van der Waals surface area contributed by atoms with E-state index in [1.807, 2.05) is 0 Å². The molecular weight excluding hydrogens is 376 g/mol.